The molecule has 0 radical (unpaired) electrons. The zero-order chi connectivity index (χ0) is 29.9. The second kappa shape index (κ2) is 10.7. The third-order valence-electron chi connectivity index (χ3n) is 7.51. The first-order valence-electron chi connectivity index (χ1n) is 12.6. The number of carbonyl (C=O) groups is 4. The van der Waals surface area contributed by atoms with E-state index in [0.29, 0.717) is 0 Å². The molecule has 12 heteroatoms. The first-order chi connectivity index (χ1) is 19.1. The standard InChI is InChI=1S/C28H26N4O8/c1-5-37-21(33)25(13-29)19(26(25,14-30)22(34)38-6-2)17-9-11-18(12-10-17)20-27(15-31,23(35)39-7-3)28(20,16-32)24(36)40-8-4/h9-12,19-20H,5-8H2,1-4H3. The first-order valence-corrected chi connectivity index (χ1v) is 12.6. The Morgan fingerprint density at radius 2 is 0.750 bits per heavy atom. The lowest BCUT2D eigenvalue weighted by Gasteiger charge is -2.11. The summed E-state index contributed by atoms with van der Waals surface area (Å²) in [6.45, 7) is 5.64. The van der Waals surface area contributed by atoms with E-state index in [1.165, 1.54) is 52.0 Å². The monoisotopic (exact) mass is 546 g/mol. The number of carbonyl (C=O) groups excluding carboxylic acids is 4. The largest absolute Gasteiger partial charge is 0.465 e. The smallest absolute Gasteiger partial charge is 0.329 e. The molecule has 40 heavy (non-hydrogen) atoms. The maximum atomic E-state index is 13.0. The predicted octanol–water partition coefficient (Wildman–Crippen LogP) is 2.17. The summed E-state index contributed by atoms with van der Waals surface area (Å²) in [5.74, 6) is -6.75. The van der Waals surface area contributed by atoms with Crippen LogP contribution >= 0.6 is 0 Å². The van der Waals surface area contributed by atoms with Gasteiger partial charge < -0.3 is 18.9 Å². The third-order valence-corrected chi connectivity index (χ3v) is 7.51. The molecule has 0 bridgehead atoms. The summed E-state index contributed by atoms with van der Waals surface area (Å²) in [5.41, 5.74) is -8.32. The fourth-order valence-corrected chi connectivity index (χ4v) is 5.72. The highest BCUT2D eigenvalue weighted by atomic mass is 16.6. The Hall–Kier alpha value is -4.94. The van der Waals surface area contributed by atoms with Crippen molar-refractivity contribution in [1.82, 2.24) is 0 Å². The van der Waals surface area contributed by atoms with Gasteiger partial charge in [0.15, 0.2) is 21.7 Å². The number of benzene rings is 1. The molecule has 0 saturated heterocycles. The molecule has 0 spiro atoms. The molecule has 0 N–H and O–H groups in total. The molecule has 1 aromatic rings. The van der Waals surface area contributed by atoms with Crippen molar-refractivity contribution in [1.29, 1.82) is 21.0 Å². The van der Waals surface area contributed by atoms with Gasteiger partial charge in [0, 0.05) is 11.8 Å². The van der Waals surface area contributed by atoms with Crippen LogP contribution in [-0.2, 0) is 38.1 Å². The van der Waals surface area contributed by atoms with Gasteiger partial charge in [-0.3, -0.25) is 19.2 Å². The minimum atomic E-state index is -2.19. The number of rotatable bonds is 10. The Kier molecular flexibility index (Phi) is 7.90. The number of hydrogen-bond acceptors (Lipinski definition) is 12. The van der Waals surface area contributed by atoms with Gasteiger partial charge in [0.2, 0.25) is 0 Å². The average molecular weight is 547 g/mol. The maximum absolute atomic E-state index is 13.0. The van der Waals surface area contributed by atoms with E-state index in [-0.39, 0.29) is 37.6 Å². The van der Waals surface area contributed by atoms with Gasteiger partial charge in [-0.05, 0) is 38.8 Å². The van der Waals surface area contributed by atoms with Crippen LogP contribution in [0.4, 0.5) is 0 Å². The van der Waals surface area contributed by atoms with Crippen molar-refractivity contribution in [2.45, 2.75) is 39.5 Å². The highest BCUT2D eigenvalue weighted by Crippen LogP contribution is 2.76. The van der Waals surface area contributed by atoms with Crippen molar-refractivity contribution in [2.75, 3.05) is 26.4 Å². The molecule has 206 valence electrons. The van der Waals surface area contributed by atoms with Crippen LogP contribution in [0.25, 0.3) is 0 Å². The van der Waals surface area contributed by atoms with E-state index in [1.54, 1.807) is 0 Å². The average Bonchev–Trinajstić information content (AvgIpc) is 3.80. The molecule has 2 aliphatic carbocycles. The summed E-state index contributed by atoms with van der Waals surface area (Å²) in [7, 11) is 0. The van der Waals surface area contributed by atoms with Crippen molar-refractivity contribution in [2.24, 2.45) is 21.7 Å². The Morgan fingerprint density at radius 1 is 0.550 bits per heavy atom. The molecule has 4 unspecified atom stereocenters. The lowest BCUT2D eigenvalue weighted by Crippen LogP contribution is -2.30. The summed E-state index contributed by atoms with van der Waals surface area (Å²) in [6.07, 6.45) is 0. The minimum Gasteiger partial charge on any atom is -0.465 e. The molecule has 0 aliphatic heterocycles. The van der Waals surface area contributed by atoms with Gasteiger partial charge in [0.25, 0.3) is 0 Å². The van der Waals surface area contributed by atoms with Crippen molar-refractivity contribution in [3.05, 3.63) is 35.4 Å². The van der Waals surface area contributed by atoms with Crippen LogP contribution in [0.5, 0.6) is 0 Å². The molecule has 12 nitrogen and oxygen atoms in total. The van der Waals surface area contributed by atoms with Crippen LogP contribution in [0.3, 0.4) is 0 Å². The zero-order valence-electron chi connectivity index (χ0n) is 22.3. The van der Waals surface area contributed by atoms with E-state index in [0.717, 1.165) is 0 Å². The van der Waals surface area contributed by atoms with Gasteiger partial charge in [0.1, 0.15) is 0 Å². The quantitative estimate of drug-likeness (QED) is 0.306. The molecular formula is C28H26N4O8. The molecule has 0 amide bonds. The van der Waals surface area contributed by atoms with Crippen molar-refractivity contribution < 1.29 is 38.1 Å². The van der Waals surface area contributed by atoms with Crippen LogP contribution in [-0.4, -0.2) is 50.3 Å². The van der Waals surface area contributed by atoms with E-state index >= 15 is 0 Å². The van der Waals surface area contributed by atoms with Crippen molar-refractivity contribution >= 4 is 23.9 Å². The SMILES string of the molecule is CCOC(=O)C1(C#N)C(c2ccc(C3C(C#N)(C(=O)OCC)C3(C#N)C(=O)OCC)cc2)C1(C#N)C(=O)OCC. The summed E-state index contributed by atoms with van der Waals surface area (Å²) >= 11 is 0. The summed E-state index contributed by atoms with van der Waals surface area (Å²) in [6, 6.07) is 12.8. The lowest BCUT2D eigenvalue weighted by molar-refractivity contribution is -0.155. The van der Waals surface area contributed by atoms with Crippen LogP contribution in [0, 0.1) is 67.0 Å². The Balaban J connectivity index is 2.15. The van der Waals surface area contributed by atoms with E-state index in [4.69, 9.17) is 18.9 Å². The second-order valence-electron chi connectivity index (χ2n) is 9.09. The Morgan fingerprint density at radius 3 is 0.900 bits per heavy atom. The molecule has 0 aromatic heterocycles. The van der Waals surface area contributed by atoms with E-state index < -0.39 is 57.4 Å². The van der Waals surface area contributed by atoms with Gasteiger partial charge >= 0.3 is 23.9 Å². The predicted molar refractivity (Wildman–Crippen MR) is 131 cm³/mol. The van der Waals surface area contributed by atoms with Gasteiger partial charge in [0.05, 0.1) is 50.7 Å². The topological polar surface area (TPSA) is 200 Å². The van der Waals surface area contributed by atoms with E-state index in [9.17, 15) is 40.2 Å². The highest BCUT2D eigenvalue weighted by molar-refractivity contribution is 6.04. The Labute approximate surface area is 230 Å². The number of ether oxygens (including phenoxy) is 4. The number of nitriles is 4. The van der Waals surface area contributed by atoms with Gasteiger partial charge in [-0.2, -0.15) is 21.0 Å². The molecule has 2 fully saturated rings. The summed E-state index contributed by atoms with van der Waals surface area (Å²) < 4.78 is 20.2. The molecule has 0 heterocycles. The molecular weight excluding hydrogens is 520 g/mol. The molecule has 3 rings (SSSR count). The van der Waals surface area contributed by atoms with Crippen molar-refractivity contribution in [3.8, 4) is 24.3 Å². The van der Waals surface area contributed by atoms with Gasteiger partial charge in [-0.15, -0.1) is 0 Å². The Bertz CT molecular complexity index is 1220. The van der Waals surface area contributed by atoms with Crippen LogP contribution < -0.4 is 0 Å². The number of hydrogen-bond donors (Lipinski definition) is 0. The highest BCUT2D eigenvalue weighted by Gasteiger charge is 2.90. The van der Waals surface area contributed by atoms with Crippen LogP contribution in [0.15, 0.2) is 24.3 Å². The van der Waals surface area contributed by atoms with Crippen LogP contribution in [0.1, 0.15) is 50.7 Å². The molecule has 4 atom stereocenters. The molecule has 2 saturated carbocycles. The van der Waals surface area contributed by atoms with Crippen LogP contribution in [0.2, 0.25) is 0 Å². The normalized spacial score (nSPS) is 31.1. The number of esters is 4. The first kappa shape index (κ1) is 29.6. The minimum absolute atomic E-state index is 0.103. The fourth-order valence-electron chi connectivity index (χ4n) is 5.72. The molecule has 1 aromatic carbocycles. The molecule has 2 aliphatic rings. The second-order valence-corrected chi connectivity index (χ2v) is 9.09. The maximum Gasteiger partial charge on any atom is 0.329 e. The third kappa shape index (κ3) is 3.46. The fraction of sp³-hybridized carbons (Fsp3) is 0.500. The summed E-state index contributed by atoms with van der Waals surface area (Å²) in [5, 5.41) is 40.2. The van der Waals surface area contributed by atoms with Gasteiger partial charge in [-0.1, -0.05) is 24.3 Å². The van der Waals surface area contributed by atoms with E-state index in [2.05, 4.69) is 0 Å². The number of nitrogens with zero attached hydrogens (tertiary/aromatic N) is 4. The van der Waals surface area contributed by atoms with E-state index in [1.807, 2.05) is 24.3 Å². The lowest BCUT2D eigenvalue weighted by atomic mass is 9.95. The zero-order valence-corrected chi connectivity index (χ0v) is 22.3. The van der Waals surface area contributed by atoms with Crippen molar-refractivity contribution in [3.63, 3.8) is 0 Å². The van der Waals surface area contributed by atoms with Gasteiger partial charge in [-0.25, -0.2) is 0 Å². The summed E-state index contributed by atoms with van der Waals surface area (Å²) in [4.78, 5) is 51.8.